The van der Waals surface area contributed by atoms with E-state index in [2.05, 4.69) is 0 Å². The first-order chi connectivity index (χ1) is 12.6. The molecule has 0 spiro atoms. The van der Waals surface area contributed by atoms with Crippen molar-refractivity contribution in [2.45, 2.75) is 46.1 Å². The summed E-state index contributed by atoms with van der Waals surface area (Å²) in [5, 5.41) is 0. The van der Waals surface area contributed by atoms with Crippen molar-refractivity contribution < 1.29 is 19.1 Å². The molecular weight excluding hydrogens is 346 g/mol. The quantitative estimate of drug-likeness (QED) is 0.876. The van der Waals surface area contributed by atoms with Crippen molar-refractivity contribution in [1.82, 2.24) is 4.90 Å². The van der Waals surface area contributed by atoms with Gasteiger partial charge in [0.25, 0.3) is 0 Å². The number of ether oxygens (including phenoxy) is 1. The zero-order valence-electron chi connectivity index (χ0n) is 16.5. The van der Waals surface area contributed by atoms with Gasteiger partial charge in [0.2, 0.25) is 5.91 Å². The number of hydrogen-bond donors (Lipinski definition) is 1. The summed E-state index contributed by atoms with van der Waals surface area (Å²) in [4.78, 5) is 39.6. The van der Waals surface area contributed by atoms with Gasteiger partial charge in [-0.3, -0.25) is 4.79 Å². The topological polar surface area (TPSA) is 92.9 Å². The average Bonchev–Trinajstić information content (AvgIpc) is 2.60. The Balaban J connectivity index is 2.00. The molecule has 1 aliphatic rings. The molecule has 27 heavy (non-hydrogen) atoms. The summed E-state index contributed by atoms with van der Waals surface area (Å²) in [6, 6.07) is 7.89. The third-order valence-electron chi connectivity index (χ3n) is 4.74. The molecule has 1 heterocycles. The maximum absolute atomic E-state index is 12.9. The molecule has 148 valence electrons. The average molecular weight is 375 g/mol. The van der Waals surface area contributed by atoms with Crippen molar-refractivity contribution in [3.05, 3.63) is 30.3 Å². The molecule has 1 aliphatic heterocycles. The predicted octanol–water partition coefficient (Wildman–Crippen LogP) is 3.38. The normalized spacial score (nSPS) is 16.5. The standard InChI is InChI=1S/C20H29N3O4/c1-14(17(24)23(18(21)25)16-8-6-5-7-9-16)15-10-12-22(13-11-15)19(26)27-20(2,3)4/h5-9,14-15H,10-13H2,1-4H3,(H2,21,25). The first kappa shape index (κ1) is 20.7. The molecule has 1 aromatic carbocycles. The number of nitrogens with two attached hydrogens (primary N) is 1. The van der Waals surface area contributed by atoms with E-state index in [0.29, 0.717) is 31.6 Å². The molecule has 1 aromatic rings. The number of anilines is 1. The summed E-state index contributed by atoms with van der Waals surface area (Å²) < 4.78 is 5.40. The number of imide groups is 1. The molecule has 0 radical (unpaired) electrons. The number of hydrogen-bond acceptors (Lipinski definition) is 4. The van der Waals surface area contributed by atoms with E-state index in [0.717, 1.165) is 4.90 Å². The molecule has 2 rings (SSSR count). The van der Waals surface area contributed by atoms with Crippen LogP contribution in [0.2, 0.25) is 0 Å². The van der Waals surface area contributed by atoms with Crippen LogP contribution in [-0.4, -0.2) is 41.6 Å². The summed E-state index contributed by atoms with van der Waals surface area (Å²) in [6.07, 6.45) is 1.02. The molecule has 0 bridgehead atoms. The Morgan fingerprint density at radius 3 is 2.19 bits per heavy atom. The highest BCUT2D eigenvalue weighted by Crippen LogP contribution is 2.28. The third kappa shape index (κ3) is 5.45. The Hall–Kier alpha value is -2.57. The van der Waals surface area contributed by atoms with Crippen molar-refractivity contribution in [2.75, 3.05) is 18.0 Å². The van der Waals surface area contributed by atoms with Crippen LogP contribution in [0, 0.1) is 11.8 Å². The molecule has 0 aliphatic carbocycles. The Bertz CT molecular complexity index is 676. The van der Waals surface area contributed by atoms with Gasteiger partial charge < -0.3 is 15.4 Å². The number of rotatable bonds is 3. The largest absolute Gasteiger partial charge is 0.444 e. The lowest BCUT2D eigenvalue weighted by atomic mass is 9.84. The van der Waals surface area contributed by atoms with Crippen LogP contribution in [0.3, 0.4) is 0 Å². The fourth-order valence-corrected chi connectivity index (χ4v) is 3.25. The van der Waals surface area contributed by atoms with E-state index in [4.69, 9.17) is 10.5 Å². The number of carbonyl (C=O) groups is 3. The number of benzene rings is 1. The predicted molar refractivity (Wildman–Crippen MR) is 103 cm³/mol. The van der Waals surface area contributed by atoms with Crippen molar-refractivity contribution in [3.8, 4) is 0 Å². The Labute approximate surface area is 160 Å². The first-order valence-electron chi connectivity index (χ1n) is 9.26. The lowest BCUT2D eigenvalue weighted by Gasteiger charge is -2.36. The third-order valence-corrected chi connectivity index (χ3v) is 4.74. The summed E-state index contributed by atoms with van der Waals surface area (Å²) in [5.41, 5.74) is 5.39. The summed E-state index contributed by atoms with van der Waals surface area (Å²) >= 11 is 0. The fraction of sp³-hybridized carbons (Fsp3) is 0.550. The summed E-state index contributed by atoms with van der Waals surface area (Å²) in [5.74, 6) is -0.621. The minimum absolute atomic E-state index is 0.0711. The van der Waals surface area contributed by atoms with E-state index >= 15 is 0 Å². The van der Waals surface area contributed by atoms with Crippen molar-refractivity contribution in [2.24, 2.45) is 17.6 Å². The highest BCUT2D eigenvalue weighted by Gasteiger charge is 2.35. The van der Waals surface area contributed by atoms with Gasteiger partial charge in [-0.2, -0.15) is 0 Å². The van der Waals surface area contributed by atoms with E-state index in [1.807, 2.05) is 33.8 Å². The Morgan fingerprint density at radius 2 is 1.70 bits per heavy atom. The van der Waals surface area contributed by atoms with Gasteiger partial charge in [-0.25, -0.2) is 14.5 Å². The summed E-state index contributed by atoms with van der Waals surface area (Å²) in [7, 11) is 0. The summed E-state index contributed by atoms with van der Waals surface area (Å²) in [6.45, 7) is 8.37. The number of nitrogens with zero attached hydrogens (tertiary/aromatic N) is 2. The van der Waals surface area contributed by atoms with Crippen LogP contribution < -0.4 is 10.6 Å². The molecule has 4 amide bonds. The van der Waals surface area contributed by atoms with E-state index in [9.17, 15) is 14.4 Å². The van der Waals surface area contributed by atoms with Crippen molar-refractivity contribution >= 4 is 23.7 Å². The van der Waals surface area contributed by atoms with Gasteiger partial charge >= 0.3 is 12.1 Å². The number of piperidine rings is 1. The van der Waals surface area contributed by atoms with Gasteiger partial charge in [0, 0.05) is 19.0 Å². The van der Waals surface area contributed by atoms with Crippen LogP contribution in [0.4, 0.5) is 15.3 Å². The second kappa shape index (κ2) is 8.41. The van der Waals surface area contributed by atoms with Crippen LogP contribution in [0.1, 0.15) is 40.5 Å². The van der Waals surface area contributed by atoms with Crippen LogP contribution in [-0.2, 0) is 9.53 Å². The highest BCUT2D eigenvalue weighted by atomic mass is 16.6. The number of amides is 4. The van der Waals surface area contributed by atoms with Crippen molar-refractivity contribution in [1.29, 1.82) is 0 Å². The van der Waals surface area contributed by atoms with Crippen LogP contribution >= 0.6 is 0 Å². The first-order valence-corrected chi connectivity index (χ1v) is 9.26. The Kier molecular flexibility index (Phi) is 6.46. The van der Waals surface area contributed by atoms with Crippen LogP contribution in [0.5, 0.6) is 0 Å². The van der Waals surface area contributed by atoms with Crippen molar-refractivity contribution in [3.63, 3.8) is 0 Å². The molecule has 1 atom stereocenters. The van der Waals surface area contributed by atoms with Crippen LogP contribution in [0.15, 0.2) is 30.3 Å². The SMILES string of the molecule is CC(C(=O)N(C(N)=O)c1ccccc1)C1CCN(C(=O)OC(C)(C)C)CC1. The number of urea groups is 1. The fourth-order valence-electron chi connectivity index (χ4n) is 3.25. The molecule has 1 fully saturated rings. The number of primary amides is 1. The van der Waals surface area contributed by atoms with Gasteiger partial charge in [0.15, 0.2) is 0 Å². The highest BCUT2D eigenvalue weighted by molar-refractivity contribution is 6.14. The number of para-hydroxylation sites is 1. The lowest BCUT2D eigenvalue weighted by molar-refractivity contribution is -0.123. The maximum Gasteiger partial charge on any atom is 0.410 e. The molecule has 0 saturated carbocycles. The molecule has 0 aromatic heterocycles. The minimum atomic E-state index is -0.788. The monoisotopic (exact) mass is 375 g/mol. The molecule has 7 heteroatoms. The molecular formula is C20H29N3O4. The minimum Gasteiger partial charge on any atom is -0.444 e. The van der Waals surface area contributed by atoms with E-state index in [1.165, 1.54) is 0 Å². The molecule has 1 unspecified atom stereocenters. The van der Waals surface area contributed by atoms with Gasteiger partial charge in [0.1, 0.15) is 5.60 Å². The van der Waals surface area contributed by atoms with Gasteiger partial charge in [-0.15, -0.1) is 0 Å². The van der Waals surface area contributed by atoms with Gasteiger partial charge in [-0.1, -0.05) is 25.1 Å². The second-order valence-electron chi connectivity index (χ2n) is 7.94. The van der Waals surface area contributed by atoms with Crippen LogP contribution in [0.25, 0.3) is 0 Å². The maximum atomic E-state index is 12.9. The van der Waals surface area contributed by atoms with Gasteiger partial charge in [0.05, 0.1) is 5.69 Å². The zero-order valence-corrected chi connectivity index (χ0v) is 16.5. The zero-order chi connectivity index (χ0) is 20.2. The number of carbonyl (C=O) groups excluding carboxylic acids is 3. The Morgan fingerprint density at radius 1 is 1.15 bits per heavy atom. The molecule has 7 nitrogen and oxygen atoms in total. The second-order valence-corrected chi connectivity index (χ2v) is 7.94. The van der Waals surface area contributed by atoms with E-state index < -0.39 is 11.6 Å². The number of likely N-dealkylation sites (tertiary alicyclic amines) is 1. The van der Waals surface area contributed by atoms with Gasteiger partial charge in [-0.05, 0) is 51.7 Å². The molecule has 2 N–H and O–H groups in total. The smallest absolute Gasteiger partial charge is 0.410 e. The van der Waals surface area contributed by atoms with E-state index in [1.54, 1.807) is 29.2 Å². The molecule has 1 saturated heterocycles. The lowest BCUT2D eigenvalue weighted by Crippen LogP contribution is -2.48. The van der Waals surface area contributed by atoms with E-state index in [-0.39, 0.29) is 23.8 Å².